The van der Waals surface area contributed by atoms with E-state index >= 15 is 0 Å². The van der Waals surface area contributed by atoms with E-state index in [1.54, 1.807) is 18.2 Å². The summed E-state index contributed by atoms with van der Waals surface area (Å²) in [5, 5.41) is 8.33. The molecule has 0 radical (unpaired) electrons. The molecule has 5 nitrogen and oxygen atoms in total. The van der Waals surface area contributed by atoms with Crippen molar-refractivity contribution in [3.05, 3.63) is 47.8 Å². The Morgan fingerprint density at radius 3 is 2.88 bits per heavy atom. The van der Waals surface area contributed by atoms with Crippen LogP contribution in [0, 0.1) is 11.7 Å². The second-order valence-corrected chi connectivity index (χ2v) is 7.53. The summed E-state index contributed by atoms with van der Waals surface area (Å²) in [5.41, 5.74) is 0.479. The molecule has 0 N–H and O–H groups in total. The molecule has 2 fully saturated rings. The predicted molar refractivity (Wildman–Crippen MR) is 95.9 cm³/mol. The van der Waals surface area contributed by atoms with Gasteiger partial charge in [0.25, 0.3) is 0 Å². The fraction of sp³-hybridized carbons (Fsp3) is 0.550. The zero-order valence-corrected chi connectivity index (χ0v) is 15.0. The third-order valence-electron chi connectivity index (χ3n) is 5.55. The molecule has 4 rings (SSSR count). The molecule has 2 heterocycles. The molecular weight excluding hydrogens is 331 g/mol. The largest absolute Gasteiger partial charge is 0.339 e. The Labute approximate surface area is 153 Å². The SMILES string of the molecule is O=C(Cc1ccccc1F)N1CCCC1CCc1nncn1CC1CC1. The Morgan fingerprint density at radius 1 is 1.23 bits per heavy atom. The maximum Gasteiger partial charge on any atom is 0.227 e. The van der Waals surface area contributed by atoms with Crippen molar-refractivity contribution in [2.75, 3.05) is 6.54 Å². The number of halogens is 1. The molecule has 0 spiro atoms. The summed E-state index contributed by atoms with van der Waals surface area (Å²) in [6, 6.07) is 6.76. The Bertz CT molecular complexity index is 771. The van der Waals surface area contributed by atoms with Crippen LogP contribution < -0.4 is 0 Å². The van der Waals surface area contributed by atoms with E-state index in [4.69, 9.17) is 0 Å². The van der Waals surface area contributed by atoms with Gasteiger partial charge in [0.05, 0.1) is 6.42 Å². The average molecular weight is 356 g/mol. The lowest BCUT2D eigenvalue weighted by Gasteiger charge is -2.25. The number of carbonyl (C=O) groups is 1. The van der Waals surface area contributed by atoms with Crippen molar-refractivity contribution >= 4 is 5.91 Å². The highest BCUT2D eigenvalue weighted by Gasteiger charge is 2.29. The van der Waals surface area contributed by atoms with Crippen LogP contribution in [0.4, 0.5) is 4.39 Å². The summed E-state index contributed by atoms with van der Waals surface area (Å²) in [7, 11) is 0. The Hall–Kier alpha value is -2.24. The first-order valence-electron chi connectivity index (χ1n) is 9.60. The molecule has 1 aliphatic heterocycles. The van der Waals surface area contributed by atoms with Gasteiger partial charge in [0, 0.05) is 25.6 Å². The van der Waals surface area contributed by atoms with Gasteiger partial charge in [-0.15, -0.1) is 10.2 Å². The van der Waals surface area contributed by atoms with Gasteiger partial charge in [-0.25, -0.2) is 4.39 Å². The molecule has 26 heavy (non-hydrogen) atoms. The van der Waals surface area contributed by atoms with Crippen LogP contribution in [0.25, 0.3) is 0 Å². The zero-order chi connectivity index (χ0) is 17.9. The number of aromatic nitrogens is 3. The lowest BCUT2D eigenvalue weighted by atomic mass is 10.1. The van der Waals surface area contributed by atoms with Gasteiger partial charge < -0.3 is 9.47 Å². The van der Waals surface area contributed by atoms with Crippen molar-refractivity contribution in [1.82, 2.24) is 19.7 Å². The normalized spacial score (nSPS) is 19.9. The summed E-state index contributed by atoms with van der Waals surface area (Å²) in [5.74, 6) is 1.53. The lowest BCUT2D eigenvalue weighted by molar-refractivity contribution is -0.131. The highest BCUT2D eigenvalue weighted by molar-refractivity contribution is 5.79. The molecule has 1 aromatic heterocycles. The van der Waals surface area contributed by atoms with Gasteiger partial charge in [-0.05, 0) is 49.7 Å². The van der Waals surface area contributed by atoms with Gasteiger partial charge in [-0.2, -0.15) is 0 Å². The lowest BCUT2D eigenvalue weighted by Crippen LogP contribution is -2.37. The molecule has 2 aliphatic rings. The first-order chi connectivity index (χ1) is 12.7. The molecule has 0 bridgehead atoms. The van der Waals surface area contributed by atoms with E-state index in [0.717, 1.165) is 50.5 Å². The molecular formula is C20H25FN4O. The van der Waals surface area contributed by atoms with Crippen molar-refractivity contribution < 1.29 is 9.18 Å². The van der Waals surface area contributed by atoms with Crippen LogP contribution in [0.2, 0.25) is 0 Å². The highest BCUT2D eigenvalue weighted by atomic mass is 19.1. The van der Waals surface area contributed by atoms with Crippen LogP contribution in [0.1, 0.15) is 43.5 Å². The van der Waals surface area contributed by atoms with E-state index in [0.29, 0.717) is 5.56 Å². The number of rotatable bonds is 7. The van der Waals surface area contributed by atoms with E-state index in [1.165, 1.54) is 18.9 Å². The molecule has 2 aromatic rings. The summed E-state index contributed by atoms with van der Waals surface area (Å²) in [4.78, 5) is 14.6. The highest BCUT2D eigenvalue weighted by Crippen LogP contribution is 2.31. The third kappa shape index (κ3) is 3.94. The van der Waals surface area contributed by atoms with Gasteiger partial charge in [0.1, 0.15) is 18.0 Å². The molecule has 1 aliphatic carbocycles. The van der Waals surface area contributed by atoms with E-state index in [-0.39, 0.29) is 24.2 Å². The molecule has 1 unspecified atom stereocenters. The molecule has 1 saturated heterocycles. The van der Waals surface area contributed by atoms with Gasteiger partial charge >= 0.3 is 0 Å². The number of benzene rings is 1. The molecule has 1 atom stereocenters. The third-order valence-corrected chi connectivity index (χ3v) is 5.55. The number of aryl methyl sites for hydroxylation is 1. The maximum absolute atomic E-state index is 13.8. The average Bonchev–Trinajstić information content (AvgIpc) is 3.14. The van der Waals surface area contributed by atoms with Gasteiger partial charge in [0.2, 0.25) is 5.91 Å². The summed E-state index contributed by atoms with van der Waals surface area (Å²) in [6.07, 6.45) is 8.33. The molecule has 1 saturated carbocycles. The van der Waals surface area contributed by atoms with Gasteiger partial charge in [-0.1, -0.05) is 18.2 Å². The Morgan fingerprint density at radius 2 is 2.08 bits per heavy atom. The number of hydrogen-bond donors (Lipinski definition) is 0. The quantitative estimate of drug-likeness (QED) is 0.766. The summed E-state index contributed by atoms with van der Waals surface area (Å²) in [6.45, 7) is 1.79. The van der Waals surface area contributed by atoms with Crippen molar-refractivity contribution in [1.29, 1.82) is 0 Å². The minimum atomic E-state index is -0.301. The van der Waals surface area contributed by atoms with Crippen molar-refractivity contribution in [3.8, 4) is 0 Å². The van der Waals surface area contributed by atoms with Crippen LogP contribution in [-0.2, 0) is 24.2 Å². The van der Waals surface area contributed by atoms with Crippen molar-refractivity contribution in [3.63, 3.8) is 0 Å². The number of likely N-dealkylation sites (tertiary alicyclic amines) is 1. The Kier molecular flexibility index (Phi) is 5.00. The van der Waals surface area contributed by atoms with Crippen LogP contribution in [-0.4, -0.2) is 38.2 Å². The Balaban J connectivity index is 1.35. The molecule has 1 aromatic carbocycles. The van der Waals surface area contributed by atoms with Crippen LogP contribution >= 0.6 is 0 Å². The van der Waals surface area contributed by atoms with E-state index < -0.39 is 0 Å². The smallest absolute Gasteiger partial charge is 0.227 e. The predicted octanol–water partition coefficient (Wildman–Crippen LogP) is 2.99. The van der Waals surface area contributed by atoms with Crippen molar-refractivity contribution in [2.24, 2.45) is 5.92 Å². The summed E-state index contributed by atoms with van der Waals surface area (Å²) >= 11 is 0. The second-order valence-electron chi connectivity index (χ2n) is 7.53. The van der Waals surface area contributed by atoms with Gasteiger partial charge in [-0.3, -0.25) is 4.79 Å². The maximum atomic E-state index is 13.8. The molecule has 6 heteroatoms. The summed E-state index contributed by atoms with van der Waals surface area (Å²) < 4.78 is 16.0. The van der Waals surface area contributed by atoms with Crippen LogP contribution in [0.3, 0.4) is 0 Å². The monoisotopic (exact) mass is 356 g/mol. The van der Waals surface area contributed by atoms with E-state index in [2.05, 4.69) is 14.8 Å². The zero-order valence-electron chi connectivity index (χ0n) is 15.0. The van der Waals surface area contributed by atoms with Gasteiger partial charge in [0.15, 0.2) is 0 Å². The number of hydrogen-bond acceptors (Lipinski definition) is 3. The molecule has 1 amide bonds. The fourth-order valence-corrected chi connectivity index (χ4v) is 3.87. The van der Waals surface area contributed by atoms with Crippen molar-refractivity contribution in [2.45, 2.75) is 57.5 Å². The van der Waals surface area contributed by atoms with E-state index in [9.17, 15) is 9.18 Å². The minimum Gasteiger partial charge on any atom is -0.339 e. The number of carbonyl (C=O) groups excluding carboxylic acids is 1. The first kappa shape index (κ1) is 17.2. The standard InChI is InChI=1S/C20H25FN4O/c21-18-6-2-1-4-16(18)12-20(26)25-11-3-5-17(25)9-10-19-23-22-14-24(19)13-15-7-8-15/h1-2,4,6,14-15,17H,3,5,7-13H2. The minimum absolute atomic E-state index is 0.0250. The number of nitrogens with zero attached hydrogens (tertiary/aromatic N) is 4. The van der Waals surface area contributed by atoms with Crippen LogP contribution in [0.15, 0.2) is 30.6 Å². The number of amides is 1. The fourth-order valence-electron chi connectivity index (χ4n) is 3.87. The molecule has 138 valence electrons. The van der Waals surface area contributed by atoms with E-state index in [1.807, 2.05) is 11.2 Å². The van der Waals surface area contributed by atoms with Crippen LogP contribution in [0.5, 0.6) is 0 Å². The second kappa shape index (κ2) is 7.56. The topological polar surface area (TPSA) is 51.0 Å². The first-order valence-corrected chi connectivity index (χ1v) is 9.60.